The lowest BCUT2D eigenvalue weighted by atomic mass is 10.0. The van der Waals surface area contributed by atoms with E-state index in [1.807, 2.05) is 18.2 Å². The van der Waals surface area contributed by atoms with Gasteiger partial charge in [-0.25, -0.2) is 13.8 Å². The molecule has 146 valence electrons. The van der Waals surface area contributed by atoms with Crippen molar-refractivity contribution in [1.29, 1.82) is 0 Å². The first-order chi connectivity index (χ1) is 13.5. The van der Waals surface area contributed by atoms with Crippen molar-refractivity contribution in [3.63, 3.8) is 0 Å². The summed E-state index contributed by atoms with van der Waals surface area (Å²) in [4.78, 5) is 33.8. The molecule has 6 nitrogen and oxygen atoms in total. The fourth-order valence-electron chi connectivity index (χ4n) is 3.47. The molecule has 28 heavy (non-hydrogen) atoms. The number of piperazine rings is 1. The summed E-state index contributed by atoms with van der Waals surface area (Å²) in [6, 6.07) is 8.84. The molecule has 4 rings (SSSR count). The Morgan fingerprint density at radius 2 is 1.75 bits per heavy atom. The molecular weight excluding hydrogens is 366 g/mol. The molecule has 1 aromatic heterocycles. The number of hydrogen-bond acceptors (Lipinski definition) is 4. The van der Waals surface area contributed by atoms with Gasteiger partial charge in [-0.2, -0.15) is 0 Å². The lowest BCUT2D eigenvalue weighted by Crippen LogP contribution is -2.52. The van der Waals surface area contributed by atoms with Crippen LogP contribution in [0.1, 0.15) is 12.8 Å². The predicted molar refractivity (Wildman–Crippen MR) is 99.7 cm³/mol. The van der Waals surface area contributed by atoms with Gasteiger partial charge in [-0.1, -0.05) is 6.07 Å². The number of anilines is 2. The van der Waals surface area contributed by atoms with Crippen molar-refractivity contribution < 1.29 is 18.4 Å². The molecule has 8 heteroatoms. The van der Waals surface area contributed by atoms with Gasteiger partial charge >= 0.3 is 0 Å². The van der Waals surface area contributed by atoms with Crippen LogP contribution in [0.2, 0.25) is 0 Å². The number of nitrogens with one attached hydrogen (secondary N) is 1. The van der Waals surface area contributed by atoms with E-state index in [2.05, 4.69) is 15.2 Å². The summed E-state index contributed by atoms with van der Waals surface area (Å²) in [6.45, 7) is 2.30. The van der Waals surface area contributed by atoms with E-state index in [0.29, 0.717) is 39.0 Å². The Morgan fingerprint density at radius 3 is 2.36 bits per heavy atom. The van der Waals surface area contributed by atoms with Crippen molar-refractivity contribution in [2.45, 2.75) is 12.8 Å². The zero-order chi connectivity index (χ0) is 19.7. The second-order valence-electron chi connectivity index (χ2n) is 7.13. The molecule has 2 amide bonds. The van der Waals surface area contributed by atoms with E-state index in [9.17, 15) is 18.4 Å². The number of amides is 2. The lowest BCUT2D eigenvalue weighted by Gasteiger charge is -2.36. The minimum Gasteiger partial charge on any atom is -0.353 e. The molecule has 0 radical (unpaired) electrons. The van der Waals surface area contributed by atoms with Crippen LogP contribution < -0.4 is 10.2 Å². The average Bonchev–Trinajstić information content (AvgIpc) is 3.53. The van der Waals surface area contributed by atoms with Gasteiger partial charge in [-0.3, -0.25) is 9.59 Å². The van der Waals surface area contributed by atoms with Crippen molar-refractivity contribution in [1.82, 2.24) is 9.88 Å². The van der Waals surface area contributed by atoms with E-state index in [4.69, 9.17) is 0 Å². The molecule has 2 heterocycles. The number of benzene rings is 1. The summed E-state index contributed by atoms with van der Waals surface area (Å²) in [6.07, 6.45) is 2.65. The Hall–Kier alpha value is -3.03. The highest BCUT2D eigenvalue weighted by atomic mass is 19.2. The minimum absolute atomic E-state index is 0.142. The predicted octanol–water partition coefficient (Wildman–Crippen LogP) is 2.43. The SMILES string of the molecule is O=C(Nc1ccc(F)c(F)c1)C1(C(=O)N2CCN(c3ccccn3)CC2)CC1. The second-order valence-corrected chi connectivity index (χ2v) is 7.13. The normalized spacial score (nSPS) is 17.9. The molecule has 2 aromatic rings. The van der Waals surface area contributed by atoms with Crippen molar-refractivity contribution in [3.8, 4) is 0 Å². The molecule has 1 saturated carbocycles. The molecule has 1 aliphatic heterocycles. The third kappa shape index (κ3) is 3.42. The second kappa shape index (κ2) is 7.18. The van der Waals surface area contributed by atoms with Crippen LogP contribution in [-0.4, -0.2) is 47.9 Å². The van der Waals surface area contributed by atoms with Gasteiger partial charge < -0.3 is 15.1 Å². The van der Waals surface area contributed by atoms with Crippen molar-refractivity contribution in [3.05, 3.63) is 54.2 Å². The highest BCUT2D eigenvalue weighted by molar-refractivity contribution is 6.13. The Kier molecular flexibility index (Phi) is 4.70. The standard InChI is InChI=1S/C20H20F2N4O2/c21-15-5-4-14(13-16(15)22)24-18(27)20(6-7-20)19(28)26-11-9-25(10-12-26)17-3-1-2-8-23-17/h1-5,8,13H,6-7,9-12H2,(H,24,27). The van der Waals surface area contributed by atoms with E-state index in [1.54, 1.807) is 11.1 Å². The Labute approximate surface area is 161 Å². The fraction of sp³-hybridized carbons (Fsp3) is 0.350. The van der Waals surface area contributed by atoms with E-state index >= 15 is 0 Å². The van der Waals surface area contributed by atoms with Gasteiger partial charge in [0.25, 0.3) is 0 Å². The van der Waals surface area contributed by atoms with Crippen LogP contribution in [0.4, 0.5) is 20.3 Å². The molecule has 1 saturated heterocycles. The van der Waals surface area contributed by atoms with E-state index in [1.165, 1.54) is 6.07 Å². The van der Waals surface area contributed by atoms with Gasteiger partial charge in [-0.05, 0) is 37.1 Å². The summed E-state index contributed by atoms with van der Waals surface area (Å²) in [7, 11) is 0. The topological polar surface area (TPSA) is 65.5 Å². The molecule has 0 spiro atoms. The molecule has 0 atom stereocenters. The number of nitrogens with zero attached hydrogens (tertiary/aromatic N) is 3. The molecule has 0 bridgehead atoms. The van der Waals surface area contributed by atoms with Gasteiger partial charge in [0.05, 0.1) is 0 Å². The molecule has 2 aliphatic rings. The molecule has 1 aromatic carbocycles. The van der Waals surface area contributed by atoms with Gasteiger partial charge in [0.2, 0.25) is 11.8 Å². The molecule has 1 aliphatic carbocycles. The van der Waals surface area contributed by atoms with Crippen molar-refractivity contribution >= 4 is 23.3 Å². The Morgan fingerprint density at radius 1 is 1.00 bits per heavy atom. The first kappa shape index (κ1) is 18.3. The smallest absolute Gasteiger partial charge is 0.240 e. The third-order valence-corrected chi connectivity index (χ3v) is 5.31. The number of hydrogen-bond donors (Lipinski definition) is 1. The summed E-state index contributed by atoms with van der Waals surface area (Å²) < 4.78 is 26.4. The third-order valence-electron chi connectivity index (χ3n) is 5.31. The number of carbonyl (C=O) groups is 2. The van der Waals surface area contributed by atoms with Gasteiger partial charge in [0, 0.05) is 44.1 Å². The van der Waals surface area contributed by atoms with Gasteiger partial charge in [0.1, 0.15) is 11.2 Å². The van der Waals surface area contributed by atoms with Crippen LogP contribution in [-0.2, 0) is 9.59 Å². The largest absolute Gasteiger partial charge is 0.353 e. The maximum absolute atomic E-state index is 13.4. The van der Waals surface area contributed by atoms with Crippen molar-refractivity contribution in [2.75, 3.05) is 36.4 Å². The summed E-state index contributed by atoms with van der Waals surface area (Å²) in [5.74, 6) is -1.82. The van der Waals surface area contributed by atoms with Gasteiger partial charge in [0.15, 0.2) is 11.6 Å². The first-order valence-corrected chi connectivity index (χ1v) is 9.21. The number of rotatable bonds is 4. The molecule has 2 fully saturated rings. The van der Waals surface area contributed by atoms with E-state index in [0.717, 1.165) is 18.0 Å². The Balaban J connectivity index is 1.39. The first-order valence-electron chi connectivity index (χ1n) is 9.21. The molecule has 1 N–H and O–H groups in total. The fourth-order valence-corrected chi connectivity index (χ4v) is 3.47. The van der Waals surface area contributed by atoms with Crippen LogP contribution >= 0.6 is 0 Å². The average molecular weight is 386 g/mol. The number of pyridine rings is 1. The number of aromatic nitrogens is 1. The maximum Gasteiger partial charge on any atom is 0.240 e. The quantitative estimate of drug-likeness (QED) is 0.820. The van der Waals surface area contributed by atoms with Crippen LogP contribution in [0, 0.1) is 17.0 Å². The number of carbonyl (C=O) groups excluding carboxylic acids is 2. The lowest BCUT2D eigenvalue weighted by molar-refractivity contribution is -0.142. The van der Waals surface area contributed by atoms with Crippen LogP contribution in [0.5, 0.6) is 0 Å². The summed E-state index contributed by atoms with van der Waals surface area (Å²) in [5.41, 5.74) is -0.958. The van der Waals surface area contributed by atoms with Crippen LogP contribution in [0.3, 0.4) is 0 Å². The Bertz CT molecular complexity index is 894. The summed E-state index contributed by atoms with van der Waals surface area (Å²) in [5, 5.41) is 2.55. The summed E-state index contributed by atoms with van der Waals surface area (Å²) >= 11 is 0. The van der Waals surface area contributed by atoms with Crippen molar-refractivity contribution in [2.24, 2.45) is 5.41 Å². The van der Waals surface area contributed by atoms with Crippen LogP contribution in [0.15, 0.2) is 42.6 Å². The monoisotopic (exact) mass is 386 g/mol. The van der Waals surface area contributed by atoms with Crippen LogP contribution in [0.25, 0.3) is 0 Å². The van der Waals surface area contributed by atoms with Gasteiger partial charge in [-0.15, -0.1) is 0 Å². The highest BCUT2D eigenvalue weighted by Crippen LogP contribution is 2.48. The van der Waals surface area contributed by atoms with E-state index in [-0.39, 0.29) is 11.6 Å². The van der Waals surface area contributed by atoms with E-state index < -0.39 is 23.0 Å². The highest BCUT2D eigenvalue weighted by Gasteiger charge is 2.58. The zero-order valence-electron chi connectivity index (χ0n) is 15.2. The number of halogens is 2. The maximum atomic E-state index is 13.4. The molecule has 0 unspecified atom stereocenters. The zero-order valence-corrected chi connectivity index (χ0v) is 15.2. The molecular formula is C20H20F2N4O2. The minimum atomic E-state index is -1.10.